The Balaban J connectivity index is 4.35. The van der Waals surface area contributed by atoms with Gasteiger partial charge in [0.1, 0.15) is 60.4 Å². The third-order valence-electron chi connectivity index (χ3n) is 16.5. The van der Waals surface area contributed by atoms with E-state index in [1.165, 1.54) is 87.7 Å². The van der Waals surface area contributed by atoms with Crippen molar-refractivity contribution in [2.45, 2.75) is 236 Å². The SMILES string of the molecule is C/C=C/C[C@@H](C)[C@@H](O)[C@H]1C(=O)N[C@@H](CC)C(=O)N(C)CC(=O)N(C)[C@@H](CCCC)C(=O)N[C@@H](C(C)(C)C)C(=O)N(C)[C@@H](C)C(=O)NC(CC(C)C)C(=O)N[C@H](C)C(=O)N(C)[C@@H](CC(C)C)C(=O)N(C)[C@H](CC(C)C)C(=O)N(C)[C@@H](C(C)C)C(=O)N1C. The van der Waals surface area contributed by atoms with Crippen LogP contribution >= 0.6 is 0 Å². The van der Waals surface area contributed by atoms with Crippen LogP contribution in [0.5, 0.6) is 0 Å². The maximum absolute atomic E-state index is 15.2. The summed E-state index contributed by atoms with van der Waals surface area (Å²) in [7, 11) is 9.91. The quantitative estimate of drug-likeness (QED) is 0.147. The molecule has 86 heavy (non-hydrogen) atoms. The van der Waals surface area contributed by atoms with E-state index in [0.29, 0.717) is 19.3 Å². The summed E-state index contributed by atoms with van der Waals surface area (Å²) >= 11 is 0. The highest BCUT2D eigenvalue weighted by Crippen LogP contribution is 2.26. The zero-order chi connectivity index (χ0) is 66.7. The van der Waals surface area contributed by atoms with Gasteiger partial charge in [0.05, 0.1) is 12.6 Å². The molecule has 5 N–H and O–H groups in total. The van der Waals surface area contributed by atoms with Gasteiger partial charge in [0.15, 0.2) is 0 Å². The van der Waals surface area contributed by atoms with Crippen LogP contribution in [0.25, 0.3) is 0 Å². The number of nitrogens with zero attached hydrogens (tertiary/aromatic N) is 7. The Bertz CT molecular complexity index is 2360. The zero-order valence-electron chi connectivity index (χ0n) is 56.8. The first kappa shape index (κ1) is 77.9. The molecule has 1 unspecified atom stereocenters. The van der Waals surface area contributed by atoms with E-state index in [-0.39, 0.29) is 49.9 Å². The van der Waals surface area contributed by atoms with Gasteiger partial charge in [-0.25, -0.2) is 0 Å². The lowest BCUT2D eigenvalue weighted by Gasteiger charge is -2.41. The highest BCUT2D eigenvalue weighted by molar-refractivity contribution is 5.99. The Hall–Kier alpha value is -6.13. The molecular weight excluding hydrogens is 1100 g/mol. The molecule has 0 radical (unpaired) electrons. The maximum Gasteiger partial charge on any atom is 0.246 e. The Morgan fingerprint density at radius 2 is 1.02 bits per heavy atom. The minimum atomic E-state index is -1.61. The Morgan fingerprint density at radius 3 is 1.49 bits per heavy atom. The molecule has 11 amide bonds. The lowest BCUT2D eigenvalue weighted by atomic mass is 9.85. The number of aliphatic hydroxyl groups excluding tert-OH is 1. The summed E-state index contributed by atoms with van der Waals surface area (Å²) in [6.07, 6.45) is 4.21. The molecule has 0 bridgehead atoms. The number of allylic oxidation sites excluding steroid dienone is 2. The summed E-state index contributed by atoms with van der Waals surface area (Å²) < 4.78 is 0. The third kappa shape index (κ3) is 21.6. The molecule has 1 fully saturated rings. The van der Waals surface area contributed by atoms with Gasteiger partial charge in [-0.3, -0.25) is 52.7 Å². The molecule has 23 nitrogen and oxygen atoms in total. The van der Waals surface area contributed by atoms with Gasteiger partial charge in [0.25, 0.3) is 0 Å². The van der Waals surface area contributed by atoms with Crippen molar-refractivity contribution in [1.82, 2.24) is 55.6 Å². The van der Waals surface area contributed by atoms with Crippen LogP contribution in [0.3, 0.4) is 0 Å². The van der Waals surface area contributed by atoms with Gasteiger partial charge in [0.2, 0.25) is 65.0 Å². The second kappa shape index (κ2) is 35.0. The summed E-state index contributed by atoms with van der Waals surface area (Å²) in [4.78, 5) is 169. The number of amides is 11. The number of hydrogen-bond acceptors (Lipinski definition) is 12. The second-order valence-corrected chi connectivity index (χ2v) is 26.7. The van der Waals surface area contributed by atoms with Crippen molar-refractivity contribution in [1.29, 1.82) is 0 Å². The lowest BCUT2D eigenvalue weighted by molar-refractivity contribution is -0.157. The number of carbonyl (C=O) groups excluding carboxylic acids is 11. The fourth-order valence-electron chi connectivity index (χ4n) is 10.7. The minimum Gasteiger partial charge on any atom is -0.390 e. The fourth-order valence-corrected chi connectivity index (χ4v) is 10.7. The molecule has 1 aliphatic heterocycles. The van der Waals surface area contributed by atoms with Crippen LogP contribution in [0.1, 0.15) is 169 Å². The first-order valence-electron chi connectivity index (χ1n) is 31.0. The summed E-state index contributed by atoms with van der Waals surface area (Å²) in [6.45, 7) is 29.4. The van der Waals surface area contributed by atoms with Crippen molar-refractivity contribution in [2.75, 3.05) is 55.9 Å². The topological polar surface area (TPSA) is 279 Å². The molecule has 1 saturated heterocycles. The van der Waals surface area contributed by atoms with E-state index in [2.05, 4.69) is 21.3 Å². The highest BCUT2D eigenvalue weighted by Gasteiger charge is 2.46. The van der Waals surface area contributed by atoms with E-state index in [1.807, 2.05) is 54.5 Å². The normalized spacial score (nSPS) is 26.8. The van der Waals surface area contributed by atoms with Crippen LogP contribution in [0.15, 0.2) is 12.2 Å². The van der Waals surface area contributed by atoms with Crippen LogP contribution in [0.2, 0.25) is 0 Å². The van der Waals surface area contributed by atoms with Gasteiger partial charge >= 0.3 is 0 Å². The van der Waals surface area contributed by atoms with Crippen molar-refractivity contribution < 1.29 is 57.8 Å². The van der Waals surface area contributed by atoms with Gasteiger partial charge in [-0.05, 0) is 94.3 Å². The number of hydrogen-bond donors (Lipinski definition) is 5. The van der Waals surface area contributed by atoms with Gasteiger partial charge in [0, 0.05) is 49.3 Å². The lowest BCUT2D eigenvalue weighted by Crippen LogP contribution is -2.63. The van der Waals surface area contributed by atoms with E-state index in [1.54, 1.807) is 61.5 Å². The van der Waals surface area contributed by atoms with Gasteiger partial charge < -0.3 is 60.7 Å². The first-order chi connectivity index (χ1) is 39.7. The van der Waals surface area contributed by atoms with E-state index in [0.717, 1.165) is 9.80 Å². The average Bonchev–Trinajstić information content (AvgIpc) is 1.54. The molecule has 0 saturated carbocycles. The summed E-state index contributed by atoms with van der Waals surface area (Å²) in [6, 6.07) is -12.4. The third-order valence-corrected chi connectivity index (χ3v) is 16.5. The van der Waals surface area contributed by atoms with Crippen LogP contribution in [0, 0.1) is 35.0 Å². The number of likely N-dealkylation sites (N-methyl/N-ethyl adjacent to an activating group) is 7. The molecular formula is C63H113N11O12. The molecule has 0 aliphatic carbocycles. The van der Waals surface area contributed by atoms with Crippen molar-refractivity contribution in [3.05, 3.63) is 12.2 Å². The second-order valence-electron chi connectivity index (χ2n) is 26.7. The maximum atomic E-state index is 15.2. The van der Waals surface area contributed by atoms with Crippen LogP contribution in [-0.2, 0) is 52.7 Å². The van der Waals surface area contributed by atoms with Crippen molar-refractivity contribution in [2.24, 2.45) is 35.0 Å². The predicted molar refractivity (Wildman–Crippen MR) is 333 cm³/mol. The number of carbonyl (C=O) groups is 11. The van der Waals surface area contributed by atoms with Crippen LogP contribution in [0.4, 0.5) is 0 Å². The number of nitrogens with one attached hydrogen (secondary N) is 4. The van der Waals surface area contributed by atoms with Crippen molar-refractivity contribution >= 4 is 65.0 Å². The summed E-state index contributed by atoms with van der Waals surface area (Å²) in [5, 5.41) is 23.2. The standard InChI is InChI=1S/C63H113N11O12/c1-25-28-30-40(12)51(76)50-56(80)65-43(27-3)58(82)68(18)35-48(75)70(20)45(31-29-26-2)55(79)67-52(63(15,16)17)62(86)69(19)42(14)53(77)66-44(32-36(4)5)54(78)64-41(13)57(81)71(21)46(33-37(6)7)59(83)72(22)47(34-38(8)9)60(84)73(23)49(39(10)11)61(85)74(50)24/h25,28,36-47,49-52,76H,26-27,29-35H2,1-24H3,(H,64,78)(H,65,80)(H,66,77)(H,67,79)/b28-25+/t40-,41-,42+,43+,44?,45+,46+,47-,49+,50+,51-,52-/m1/s1. The van der Waals surface area contributed by atoms with Gasteiger partial charge in [-0.15, -0.1) is 0 Å². The van der Waals surface area contributed by atoms with Crippen molar-refractivity contribution in [3.8, 4) is 0 Å². The summed E-state index contributed by atoms with van der Waals surface area (Å²) in [5.41, 5.74) is -0.941. The number of aliphatic hydroxyl groups is 1. The van der Waals surface area contributed by atoms with E-state index < -0.39 is 155 Å². The molecule has 0 aromatic heterocycles. The molecule has 1 heterocycles. The Morgan fingerprint density at radius 1 is 0.535 bits per heavy atom. The van der Waals surface area contributed by atoms with Crippen molar-refractivity contribution in [3.63, 3.8) is 0 Å². The number of rotatable bonds is 15. The smallest absolute Gasteiger partial charge is 0.246 e. The Labute approximate surface area is 515 Å². The predicted octanol–water partition coefficient (Wildman–Crippen LogP) is 3.80. The first-order valence-corrected chi connectivity index (χ1v) is 31.0. The molecule has 492 valence electrons. The largest absolute Gasteiger partial charge is 0.390 e. The molecule has 0 aromatic rings. The molecule has 1 rings (SSSR count). The van der Waals surface area contributed by atoms with Crippen LogP contribution < -0.4 is 21.3 Å². The van der Waals surface area contributed by atoms with E-state index in [4.69, 9.17) is 0 Å². The van der Waals surface area contributed by atoms with Crippen LogP contribution in [-0.4, -0.2) is 227 Å². The summed E-state index contributed by atoms with van der Waals surface area (Å²) in [5.74, 6) is -9.06. The monoisotopic (exact) mass is 1220 g/mol. The number of unbranched alkanes of at least 4 members (excludes halogenated alkanes) is 1. The Kier molecular flexibility index (Phi) is 31.7. The van der Waals surface area contributed by atoms with E-state index >= 15 is 14.4 Å². The van der Waals surface area contributed by atoms with E-state index in [9.17, 15) is 43.5 Å². The molecule has 0 aromatic carbocycles. The highest BCUT2D eigenvalue weighted by atomic mass is 16.3. The van der Waals surface area contributed by atoms with Gasteiger partial charge in [-0.1, -0.05) is 122 Å². The molecule has 1 aliphatic rings. The molecule has 12 atom stereocenters. The fraction of sp³-hybridized carbons (Fsp3) is 0.794. The average molecular weight is 1220 g/mol. The minimum absolute atomic E-state index is 0.0237. The molecule has 0 spiro atoms. The molecule has 23 heteroatoms. The van der Waals surface area contributed by atoms with Gasteiger partial charge in [-0.2, -0.15) is 0 Å². The zero-order valence-corrected chi connectivity index (χ0v) is 56.8.